The van der Waals surface area contributed by atoms with Crippen LogP contribution in [0, 0.1) is 10.1 Å². The average Bonchev–Trinajstić information content (AvgIpc) is 2.60. The molecule has 0 fully saturated rings. The molecule has 0 aliphatic heterocycles. The van der Waals surface area contributed by atoms with Crippen LogP contribution < -0.4 is 15.8 Å². The molecule has 3 N–H and O–H groups in total. The third kappa shape index (κ3) is 4.79. The number of non-ortho nitro benzene ring substituents is 1. The number of carbonyl (C=O) groups is 2. The van der Waals surface area contributed by atoms with Gasteiger partial charge in [0.1, 0.15) is 11.8 Å². The minimum atomic E-state index is -1.06. The first-order chi connectivity index (χ1) is 12.3. The highest BCUT2D eigenvalue weighted by atomic mass is 79.9. The van der Waals surface area contributed by atoms with Crippen molar-refractivity contribution in [1.29, 1.82) is 0 Å². The summed E-state index contributed by atoms with van der Waals surface area (Å²) in [6.07, 6.45) is -0.0417. The number of hydrogen-bond acceptors (Lipinski definition) is 5. The third-order valence-electron chi connectivity index (χ3n) is 3.63. The minimum absolute atomic E-state index is 0.0417. The van der Waals surface area contributed by atoms with E-state index in [4.69, 9.17) is 10.5 Å². The number of nitro benzene ring substituents is 1. The van der Waals surface area contributed by atoms with Gasteiger partial charge in [0.15, 0.2) is 0 Å². The summed E-state index contributed by atoms with van der Waals surface area (Å²) in [6.45, 7) is 0. The van der Waals surface area contributed by atoms with Crippen LogP contribution in [0.1, 0.15) is 15.9 Å². The van der Waals surface area contributed by atoms with Gasteiger partial charge in [0.25, 0.3) is 11.6 Å². The number of hydrogen-bond donors (Lipinski definition) is 2. The van der Waals surface area contributed by atoms with Crippen molar-refractivity contribution < 1.29 is 19.2 Å². The second-order valence-electron chi connectivity index (χ2n) is 5.40. The van der Waals surface area contributed by atoms with E-state index in [1.54, 1.807) is 24.3 Å². The van der Waals surface area contributed by atoms with Crippen LogP contribution in [0.5, 0.6) is 5.75 Å². The first-order valence-electron chi connectivity index (χ1n) is 7.49. The van der Waals surface area contributed by atoms with Crippen LogP contribution in [0.15, 0.2) is 46.9 Å². The van der Waals surface area contributed by atoms with E-state index in [-0.39, 0.29) is 12.1 Å². The quantitative estimate of drug-likeness (QED) is 0.523. The van der Waals surface area contributed by atoms with Gasteiger partial charge in [-0.3, -0.25) is 19.7 Å². The Morgan fingerprint density at radius 1 is 1.31 bits per heavy atom. The Morgan fingerprint density at radius 3 is 2.62 bits per heavy atom. The van der Waals surface area contributed by atoms with Crippen LogP contribution in [-0.2, 0) is 11.2 Å². The molecule has 0 aromatic heterocycles. The monoisotopic (exact) mass is 421 g/mol. The van der Waals surface area contributed by atoms with Crippen LogP contribution in [0.2, 0.25) is 0 Å². The Kier molecular flexibility index (Phi) is 6.29. The van der Waals surface area contributed by atoms with E-state index in [2.05, 4.69) is 21.2 Å². The van der Waals surface area contributed by atoms with Gasteiger partial charge in [-0.25, -0.2) is 0 Å². The van der Waals surface area contributed by atoms with Crippen molar-refractivity contribution in [1.82, 2.24) is 5.32 Å². The van der Waals surface area contributed by atoms with Gasteiger partial charge < -0.3 is 15.8 Å². The molecule has 2 aromatic rings. The Bertz CT molecular complexity index is 856. The fourth-order valence-electron chi connectivity index (χ4n) is 2.35. The molecule has 0 aliphatic carbocycles. The minimum Gasteiger partial charge on any atom is -0.496 e. The number of halogens is 1. The molecule has 9 heteroatoms. The lowest BCUT2D eigenvalue weighted by molar-refractivity contribution is -0.384. The molecule has 0 bridgehead atoms. The van der Waals surface area contributed by atoms with Crippen LogP contribution in [0.25, 0.3) is 0 Å². The van der Waals surface area contributed by atoms with Gasteiger partial charge in [0, 0.05) is 34.2 Å². The smallest absolute Gasteiger partial charge is 0.269 e. The van der Waals surface area contributed by atoms with E-state index in [9.17, 15) is 19.7 Å². The molecule has 0 unspecified atom stereocenters. The Balaban J connectivity index is 2.26. The van der Waals surface area contributed by atoms with E-state index in [0.717, 1.165) is 0 Å². The number of nitrogens with zero attached hydrogens (tertiary/aromatic N) is 1. The van der Waals surface area contributed by atoms with Crippen molar-refractivity contribution in [3.05, 3.63) is 68.2 Å². The summed E-state index contributed by atoms with van der Waals surface area (Å²) < 4.78 is 5.88. The summed E-state index contributed by atoms with van der Waals surface area (Å²) in [7, 11) is 1.41. The topological polar surface area (TPSA) is 125 Å². The van der Waals surface area contributed by atoms with Crippen molar-refractivity contribution >= 4 is 33.4 Å². The standard InChI is InChI=1S/C17H16BrN3O5/c1-26-15-6-5-13(21(24)25)8-11(15)9-14(16(19)22)20-17(23)10-3-2-4-12(18)7-10/h2-8,14H,9H2,1H3,(H2,19,22)(H,20,23)/t14-/m0/s1. The van der Waals surface area contributed by atoms with Gasteiger partial charge in [-0.2, -0.15) is 0 Å². The van der Waals surface area contributed by atoms with E-state index >= 15 is 0 Å². The number of benzene rings is 2. The van der Waals surface area contributed by atoms with Gasteiger partial charge in [-0.05, 0) is 24.3 Å². The molecule has 136 valence electrons. The predicted octanol–water partition coefficient (Wildman–Crippen LogP) is 2.19. The number of carbonyl (C=O) groups excluding carboxylic acids is 2. The van der Waals surface area contributed by atoms with E-state index in [1.165, 1.54) is 25.3 Å². The molecule has 2 aromatic carbocycles. The molecule has 0 heterocycles. The highest BCUT2D eigenvalue weighted by Crippen LogP contribution is 2.25. The number of rotatable bonds is 7. The van der Waals surface area contributed by atoms with Crippen molar-refractivity contribution in [2.24, 2.45) is 5.73 Å². The Labute approximate surface area is 157 Å². The van der Waals surface area contributed by atoms with Gasteiger partial charge in [-0.15, -0.1) is 0 Å². The third-order valence-corrected chi connectivity index (χ3v) is 4.13. The lowest BCUT2D eigenvalue weighted by Crippen LogP contribution is -2.45. The molecule has 0 aliphatic rings. The second kappa shape index (κ2) is 8.43. The van der Waals surface area contributed by atoms with Gasteiger partial charge in [-0.1, -0.05) is 22.0 Å². The molecular formula is C17H16BrN3O5. The predicted molar refractivity (Wildman–Crippen MR) is 97.9 cm³/mol. The molecule has 26 heavy (non-hydrogen) atoms. The maximum absolute atomic E-state index is 12.4. The normalized spacial score (nSPS) is 11.5. The zero-order chi connectivity index (χ0) is 19.3. The largest absolute Gasteiger partial charge is 0.496 e. The van der Waals surface area contributed by atoms with Crippen molar-refractivity contribution in [3.63, 3.8) is 0 Å². The maximum atomic E-state index is 12.4. The summed E-state index contributed by atoms with van der Waals surface area (Å²) >= 11 is 3.27. The highest BCUT2D eigenvalue weighted by Gasteiger charge is 2.22. The van der Waals surface area contributed by atoms with Crippen LogP contribution in [0.4, 0.5) is 5.69 Å². The maximum Gasteiger partial charge on any atom is 0.269 e. The fraction of sp³-hybridized carbons (Fsp3) is 0.176. The number of primary amides is 1. The van der Waals surface area contributed by atoms with Crippen LogP contribution >= 0.6 is 15.9 Å². The molecule has 0 radical (unpaired) electrons. The Hall–Kier alpha value is -2.94. The van der Waals surface area contributed by atoms with Crippen molar-refractivity contribution in [3.8, 4) is 5.75 Å². The number of methoxy groups -OCH3 is 1. The zero-order valence-corrected chi connectivity index (χ0v) is 15.4. The summed E-state index contributed by atoms with van der Waals surface area (Å²) in [5, 5.41) is 13.5. The Morgan fingerprint density at radius 2 is 2.04 bits per heavy atom. The highest BCUT2D eigenvalue weighted by molar-refractivity contribution is 9.10. The molecule has 1 atom stereocenters. The summed E-state index contributed by atoms with van der Waals surface area (Å²) in [6, 6.07) is 9.59. The van der Waals surface area contributed by atoms with Gasteiger partial charge in [0.2, 0.25) is 5.91 Å². The number of nitrogens with two attached hydrogens (primary N) is 1. The number of amides is 2. The lowest BCUT2D eigenvalue weighted by Gasteiger charge is -2.17. The van der Waals surface area contributed by atoms with E-state index in [0.29, 0.717) is 21.3 Å². The molecule has 8 nitrogen and oxygen atoms in total. The first-order valence-corrected chi connectivity index (χ1v) is 8.28. The van der Waals surface area contributed by atoms with Crippen LogP contribution in [0.3, 0.4) is 0 Å². The summed E-state index contributed by atoms with van der Waals surface area (Å²) in [5.41, 5.74) is 5.98. The first kappa shape index (κ1) is 19.4. The second-order valence-corrected chi connectivity index (χ2v) is 6.31. The van der Waals surface area contributed by atoms with Gasteiger partial charge in [0.05, 0.1) is 12.0 Å². The summed E-state index contributed by atoms with van der Waals surface area (Å²) in [4.78, 5) is 34.5. The van der Waals surface area contributed by atoms with E-state index < -0.39 is 22.8 Å². The average molecular weight is 422 g/mol. The van der Waals surface area contributed by atoms with Crippen molar-refractivity contribution in [2.45, 2.75) is 12.5 Å². The fourth-order valence-corrected chi connectivity index (χ4v) is 2.75. The summed E-state index contributed by atoms with van der Waals surface area (Å²) in [5.74, 6) is -0.889. The van der Waals surface area contributed by atoms with E-state index in [1.807, 2.05) is 0 Å². The number of nitro groups is 1. The van der Waals surface area contributed by atoms with Gasteiger partial charge >= 0.3 is 0 Å². The zero-order valence-electron chi connectivity index (χ0n) is 13.8. The molecule has 0 saturated carbocycles. The number of nitrogens with one attached hydrogen (secondary N) is 1. The molecule has 0 saturated heterocycles. The molecule has 2 amide bonds. The van der Waals surface area contributed by atoms with Crippen molar-refractivity contribution in [2.75, 3.05) is 7.11 Å². The molecule has 2 rings (SSSR count). The SMILES string of the molecule is COc1ccc([N+](=O)[O-])cc1C[C@H](NC(=O)c1cccc(Br)c1)C(N)=O. The molecule has 0 spiro atoms. The lowest BCUT2D eigenvalue weighted by atomic mass is 10.0. The number of ether oxygens (including phenoxy) is 1. The van der Waals surface area contributed by atoms with Crippen LogP contribution in [-0.4, -0.2) is 29.9 Å². The molecular weight excluding hydrogens is 406 g/mol.